The van der Waals surface area contributed by atoms with Crippen molar-refractivity contribution in [1.29, 1.82) is 0 Å². The normalized spacial score (nSPS) is 21.1. The van der Waals surface area contributed by atoms with Gasteiger partial charge in [-0.05, 0) is 30.7 Å². The SMILES string of the molecule is COc1cc(C=O)c(OS(=O)(=O)CC2CCCC(C)C2)cc1OC. The molecule has 7 heteroatoms. The predicted octanol–water partition coefficient (Wildman–Crippen LogP) is 3.05. The van der Waals surface area contributed by atoms with Gasteiger partial charge in [0.25, 0.3) is 0 Å². The van der Waals surface area contributed by atoms with Crippen LogP contribution in [-0.2, 0) is 10.1 Å². The number of carbonyl (C=O) groups is 1. The molecule has 0 heterocycles. The van der Waals surface area contributed by atoms with E-state index < -0.39 is 10.1 Å². The summed E-state index contributed by atoms with van der Waals surface area (Å²) in [6, 6.07) is 2.77. The maximum Gasteiger partial charge on any atom is 0.309 e. The highest BCUT2D eigenvalue weighted by atomic mass is 32.2. The molecule has 0 saturated heterocycles. The van der Waals surface area contributed by atoms with Crippen LogP contribution in [0.4, 0.5) is 0 Å². The van der Waals surface area contributed by atoms with E-state index in [-0.39, 0.29) is 23.0 Å². The third-order valence-corrected chi connectivity index (χ3v) is 5.66. The number of carbonyl (C=O) groups excluding carboxylic acids is 1. The second-order valence-corrected chi connectivity index (χ2v) is 7.92. The Morgan fingerprint density at radius 2 is 1.79 bits per heavy atom. The first-order valence-corrected chi connectivity index (χ1v) is 9.59. The summed E-state index contributed by atoms with van der Waals surface area (Å²) in [6.07, 6.45) is 4.49. The molecule has 0 spiro atoms. The molecule has 0 radical (unpaired) electrons. The minimum Gasteiger partial charge on any atom is -0.493 e. The summed E-state index contributed by atoms with van der Waals surface area (Å²) in [6.45, 7) is 2.14. The highest BCUT2D eigenvalue weighted by molar-refractivity contribution is 7.87. The van der Waals surface area contributed by atoms with Crippen LogP contribution in [0.2, 0.25) is 0 Å². The van der Waals surface area contributed by atoms with Gasteiger partial charge in [-0.2, -0.15) is 8.42 Å². The quantitative estimate of drug-likeness (QED) is 0.552. The standard InChI is InChI=1S/C17H24O6S/c1-12-5-4-6-13(7-12)11-24(19,20)23-15-9-17(22-3)16(21-2)8-14(15)10-18/h8-10,12-13H,4-7,11H2,1-3H3. The Balaban J connectivity index is 2.20. The number of methoxy groups -OCH3 is 2. The summed E-state index contributed by atoms with van der Waals surface area (Å²) < 4.78 is 40.2. The lowest BCUT2D eigenvalue weighted by molar-refractivity contribution is 0.112. The van der Waals surface area contributed by atoms with Crippen molar-refractivity contribution in [2.45, 2.75) is 32.6 Å². The van der Waals surface area contributed by atoms with Gasteiger partial charge in [-0.1, -0.05) is 19.8 Å². The van der Waals surface area contributed by atoms with E-state index in [2.05, 4.69) is 6.92 Å². The molecular weight excluding hydrogens is 332 g/mol. The zero-order valence-electron chi connectivity index (χ0n) is 14.3. The van der Waals surface area contributed by atoms with E-state index in [9.17, 15) is 13.2 Å². The maximum absolute atomic E-state index is 12.4. The molecule has 0 N–H and O–H groups in total. The number of hydrogen-bond acceptors (Lipinski definition) is 6. The van der Waals surface area contributed by atoms with Crippen LogP contribution in [0.15, 0.2) is 12.1 Å². The van der Waals surface area contributed by atoms with Gasteiger partial charge in [0.05, 0.1) is 25.5 Å². The average Bonchev–Trinajstić information content (AvgIpc) is 2.53. The van der Waals surface area contributed by atoms with E-state index in [0.717, 1.165) is 25.7 Å². The van der Waals surface area contributed by atoms with Crippen molar-refractivity contribution in [3.8, 4) is 17.2 Å². The molecule has 1 aliphatic carbocycles. The van der Waals surface area contributed by atoms with Gasteiger partial charge >= 0.3 is 10.1 Å². The number of benzene rings is 1. The molecule has 1 aromatic carbocycles. The third-order valence-electron chi connectivity index (χ3n) is 4.34. The Labute approximate surface area is 143 Å². The fraction of sp³-hybridized carbons (Fsp3) is 0.588. The summed E-state index contributed by atoms with van der Waals surface area (Å²) in [5.41, 5.74) is 0.105. The number of ether oxygens (including phenoxy) is 2. The van der Waals surface area contributed by atoms with Gasteiger partial charge in [-0.15, -0.1) is 0 Å². The molecule has 0 amide bonds. The van der Waals surface area contributed by atoms with Crippen molar-refractivity contribution in [1.82, 2.24) is 0 Å². The first-order valence-electron chi connectivity index (χ1n) is 8.02. The van der Waals surface area contributed by atoms with Crippen molar-refractivity contribution in [3.05, 3.63) is 17.7 Å². The van der Waals surface area contributed by atoms with E-state index in [4.69, 9.17) is 13.7 Å². The Morgan fingerprint density at radius 1 is 1.12 bits per heavy atom. The Bertz CT molecular complexity index is 683. The van der Waals surface area contributed by atoms with Crippen LogP contribution < -0.4 is 13.7 Å². The van der Waals surface area contributed by atoms with E-state index in [0.29, 0.717) is 23.7 Å². The molecule has 1 aromatic rings. The highest BCUT2D eigenvalue weighted by Crippen LogP contribution is 2.35. The molecule has 6 nitrogen and oxygen atoms in total. The van der Waals surface area contributed by atoms with Gasteiger partial charge in [0.1, 0.15) is 0 Å². The smallest absolute Gasteiger partial charge is 0.309 e. The number of aldehydes is 1. The van der Waals surface area contributed by atoms with Crippen molar-refractivity contribution < 1.29 is 26.9 Å². The molecule has 24 heavy (non-hydrogen) atoms. The number of hydrogen-bond donors (Lipinski definition) is 0. The van der Waals surface area contributed by atoms with Gasteiger partial charge < -0.3 is 13.7 Å². The minimum atomic E-state index is -3.79. The zero-order chi connectivity index (χ0) is 17.7. The fourth-order valence-electron chi connectivity index (χ4n) is 3.21. The topological polar surface area (TPSA) is 78.9 Å². The molecule has 0 bridgehead atoms. The predicted molar refractivity (Wildman–Crippen MR) is 90.5 cm³/mol. The van der Waals surface area contributed by atoms with Crippen LogP contribution in [0.5, 0.6) is 17.2 Å². The van der Waals surface area contributed by atoms with Crippen molar-refractivity contribution >= 4 is 16.4 Å². The van der Waals surface area contributed by atoms with Crippen molar-refractivity contribution in [3.63, 3.8) is 0 Å². The van der Waals surface area contributed by atoms with Gasteiger partial charge in [-0.25, -0.2) is 0 Å². The summed E-state index contributed by atoms with van der Waals surface area (Å²) in [4.78, 5) is 11.2. The zero-order valence-corrected chi connectivity index (χ0v) is 15.1. The molecule has 134 valence electrons. The lowest BCUT2D eigenvalue weighted by Gasteiger charge is -2.26. The van der Waals surface area contributed by atoms with E-state index in [1.807, 2.05) is 0 Å². The molecule has 1 saturated carbocycles. The van der Waals surface area contributed by atoms with Crippen molar-refractivity contribution in [2.75, 3.05) is 20.0 Å². The van der Waals surface area contributed by atoms with Crippen LogP contribution in [0.3, 0.4) is 0 Å². The monoisotopic (exact) mass is 356 g/mol. The van der Waals surface area contributed by atoms with Crippen LogP contribution in [0, 0.1) is 11.8 Å². The van der Waals surface area contributed by atoms with Crippen molar-refractivity contribution in [2.24, 2.45) is 11.8 Å². The summed E-state index contributed by atoms with van der Waals surface area (Å²) in [5.74, 6) is 1.20. The molecule has 2 unspecified atom stereocenters. The first kappa shape index (κ1) is 18.6. The van der Waals surface area contributed by atoms with Gasteiger partial charge in [0, 0.05) is 6.07 Å². The molecular formula is C17H24O6S. The van der Waals surface area contributed by atoms with Crippen LogP contribution in [0.25, 0.3) is 0 Å². The molecule has 2 atom stereocenters. The average molecular weight is 356 g/mol. The first-order chi connectivity index (χ1) is 11.4. The van der Waals surface area contributed by atoms with Gasteiger partial charge in [0.2, 0.25) is 0 Å². The molecule has 1 aliphatic rings. The molecule has 0 aromatic heterocycles. The van der Waals surface area contributed by atoms with E-state index >= 15 is 0 Å². The lowest BCUT2D eigenvalue weighted by Crippen LogP contribution is -2.25. The highest BCUT2D eigenvalue weighted by Gasteiger charge is 2.26. The molecule has 1 fully saturated rings. The minimum absolute atomic E-state index is 0.0356. The summed E-state index contributed by atoms with van der Waals surface area (Å²) >= 11 is 0. The Morgan fingerprint density at radius 3 is 2.38 bits per heavy atom. The fourth-order valence-corrected chi connectivity index (χ4v) is 4.58. The van der Waals surface area contributed by atoms with E-state index in [1.165, 1.54) is 26.4 Å². The second kappa shape index (κ2) is 7.88. The Hall–Kier alpha value is -1.76. The second-order valence-electron chi connectivity index (χ2n) is 6.31. The molecule has 2 rings (SSSR count). The van der Waals surface area contributed by atoms with Gasteiger partial charge in [-0.3, -0.25) is 4.79 Å². The Kier molecular flexibility index (Phi) is 6.10. The summed E-state index contributed by atoms with van der Waals surface area (Å²) in [5, 5.41) is 0. The largest absolute Gasteiger partial charge is 0.493 e. The summed E-state index contributed by atoms with van der Waals surface area (Å²) in [7, 11) is -0.921. The third kappa shape index (κ3) is 4.63. The van der Waals surface area contributed by atoms with E-state index in [1.54, 1.807) is 0 Å². The lowest BCUT2D eigenvalue weighted by atomic mass is 9.83. The van der Waals surface area contributed by atoms with Crippen LogP contribution >= 0.6 is 0 Å². The van der Waals surface area contributed by atoms with Crippen LogP contribution in [0.1, 0.15) is 43.0 Å². The maximum atomic E-state index is 12.4. The van der Waals surface area contributed by atoms with Crippen LogP contribution in [-0.4, -0.2) is 34.7 Å². The molecule has 0 aliphatic heterocycles. The van der Waals surface area contributed by atoms with Gasteiger partial charge in [0.15, 0.2) is 23.5 Å². The number of rotatable bonds is 7.